The lowest BCUT2D eigenvalue weighted by molar-refractivity contribution is -0.133. The largest absolute Gasteiger partial charge is 0.350 e. The molecule has 0 aromatic carbocycles. The van der Waals surface area contributed by atoms with E-state index in [9.17, 15) is 9.59 Å². The molecule has 1 fully saturated rings. The molecule has 4 N–H and O–H groups in total. The Balaban J connectivity index is 2.54. The molecule has 5 nitrogen and oxygen atoms in total. The van der Waals surface area contributed by atoms with Crippen LogP contribution in [-0.2, 0) is 9.59 Å². The molecule has 0 saturated heterocycles. The molecule has 0 aromatic heterocycles. The highest BCUT2D eigenvalue weighted by atomic mass is 16.2. The smallest absolute Gasteiger partial charge is 0.242 e. The summed E-state index contributed by atoms with van der Waals surface area (Å²) in [5, 5.41) is 5.69. The van der Waals surface area contributed by atoms with Crippen molar-refractivity contribution < 1.29 is 9.59 Å². The molecule has 0 radical (unpaired) electrons. The molecular weight excluding hydrogens is 254 g/mol. The second-order valence-electron chi connectivity index (χ2n) is 7.13. The van der Waals surface area contributed by atoms with E-state index in [4.69, 9.17) is 5.73 Å². The number of amides is 2. The average Bonchev–Trinajstić information content (AvgIpc) is 2.29. The van der Waals surface area contributed by atoms with Crippen molar-refractivity contribution in [2.75, 3.05) is 0 Å². The van der Waals surface area contributed by atoms with Gasteiger partial charge >= 0.3 is 0 Å². The summed E-state index contributed by atoms with van der Waals surface area (Å²) in [4.78, 5) is 24.3. The quantitative estimate of drug-likeness (QED) is 0.727. The second-order valence-corrected chi connectivity index (χ2v) is 7.13. The predicted molar refractivity (Wildman–Crippen MR) is 80.0 cm³/mol. The minimum Gasteiger partial charge on any atom is -0.350 e. The van der Waals surface area contributed by atoms with Gasteiger partial charge in [-0.1, -0.05) is 6.92 Å². The molecule has 0 spiro atoms. The molecule has 2 amide bonds. The van der Waals surface area contributed by atoms with Crippen LogP contribution in [-0.4, -0.2) is 29.4 Å². The number of nitrogens with two attached hydrogens (primary N) is 1. The minimum absolute atomic E-state index is 0.0517. The van der Waals surface area contributed by atoms with Crippen LogP contribution in [0.3, 0.4) is 0 Å². The van der Waals surface area contributed by atoms with Gasteiger partial charge in [-0.25, -0.2) is 0 Å². The molecule has 1 saturated carbocycles. The van der Waals surface area contributed by atoms with E-state index in [1.807, 2.05) is 20.8 Å². The third-order valence-corrected chi connectivity index (χ3v) is 3.82. The van der Waals surface area contributed by atoms with Crippen LogP contribution in [0.2, 0.25) is 0 Å². The van der Waals surface area contributed by atoms with Crippen molar-refractivity contribution in [3.63, 3.8) is 0 Å². The number of hydrogen-bond donors (Lipinski definition) is 3. The molecular formula is C15H29N3O2. The van der Waals surface area contributed by atoms with Gasteiger partial charge in [0.2, 0.25) is 11.8 Å². The molecule has 1 aliphatic carbocycles. The lowest BCUT2D eigenvalue weighted by atomic mass is 9.77. The Morgan fingerprint density at radius 1 is 1.25 bits per heavy atom. The van der Waals surface area contributed by atoms with Crippen molar-refractivity contribution in [3.8, 4) is 0 Å². The maximum Gasteiger partial charge on any atom is 0.242 e. The first-order valence-corrected chi connectivity index (χ1v) is 7.48. The lowest BCUT2D eigenvalue weighted by Crippen LogP contribution is -2.53. The summed E-state index contributed by atoms with van der Waals surface area (Å²) >= 11 is 0. The molecule has 4 unspecified atom stereocenters. The minimum atomic E-state index is -0.521. The molecule has 116 valence electrons. The molecule has 0 aromatic rings. The zero-order chi connectivity index (χ0) is 15.5. The third-order valence-electron chi connectivity index (χ3n) is 3.82. The summed E-state index contributed by atoms with van der Waals surface area (Å²) in [6.07, 6.45) is 2.66. The van der Waals surface area contributed by atoms with Crippen LogP contribution in [0.1, 0.15) is 53.9 Å². The van der Waals surface area contributed by atoms with Crippen molar-refractivity contribution >= 4 is 11.8 Å². The van der Waals surface area contributed by atoms with Gasteiger partial charge in [0.25, 0.3) is 0 Å². The van der Waals surface area contributed by atoms with Gasteiger partial charge in [0.05, 0.1) is 0 Å². The van der Waals surface area contributed by atoms with E-state index in [0.29, 0.717) is 12.3 Å². The third kappa shape index (κ3) is 5.12. The Morgan fingerprint density at radius 3 is 2.40 bits per heavy atom. The summed E-state index contributed by atoms with van der Waals surface area (Å²) in [7, 11) is 0. The second kappa shape index (κ2) is 6.57. The zero-order valence-electron chi connectivity index (χ0n) is 13.3. The van der Waals surface area contributed by atoms with Crippen molar-refractivity contribution in [1.29, 1.82) is 0 Å². The van der Waals surface area contributed by atoms with E-state index in [2.05, 4.69) is 17.6 Å². The molecule has 5 heteroatoms. The van der Waals surface area contributed by atoms with Crippen LogP contribution in [0.5, 0.6) is 0 Å². The Bertz CT molecular complexity index is 363. The van der Waals surface area contributed by atoms with Crippen molar-refractivity contribution in [2.45, 2.75) is 71.5 Å². The number of carbonyl (C=O) groups is 2. The molecule has 0 aliphatic heterocycles. The van der Waals surface area contributed by atoms with Crippen LogP contribution < -0.4 is 16.4 Å². The summed E-state index contributed by atoms with van der Waals surface area (Å²) in [6, 6.07) is -0.423. The average molecular weight is 283 g/mol. The Kier molecular flexibility index (Phi) is 5.57. The van der Waals surface area contributed by atoms with Crippen LogP contribution in [0.4, 0.5) is 0 Å². The van der Waals surface area contributed by atoms with Crippen LogP contribution >= 0.6 is 0 Å². The normalized spacial score (nSPS) is 28.6. The standard InChI is InChI=1S/C15H29N3O2/c1-9-6-7-11(16)8-12(9)14(20)17-10(2)13(19)18-15(3,4)5/h9-12H,6-8,16H2,1-5H3,(H,17,20)(H,18,19). The van der Waals surface area contributed by atoms with Crippen LogP contribution in [0.15, 0.2) is 0 Å². The van der Waals surface area contributed by atoms with Gasteiger partial charge in [-0.2, -0.15) is 0 Å². The van der Waals surface area contributed by atoms with Gasteiger partial charge in [-0.3, -0.25) is 9.59 Å². The van der Waals surface area contributed by atoms with E-state index in [1.54, 1.807) is 6.92 Å². The molecule has 0 bridgehead atoms. The van der Waals surface area contributed by atoms with Crippen LogP contribution in [0, 0.1) is 11.8 Å². The van der Waals surface area contributed by atoms with Crippen LogP contribution in [0.25, 0.3) is 0 Å². The van der Waals surface area contributed by atoms with E-state index in [-0.39, 0.29) is 29.3 Å². The van der Waals surface area contributed by atoms with Gasteiger partial charge in [-0.05, 0) is 52.9 Å². The number of rotatable bonds is 3. The van der Waals surface area contributed by atoms with Gasteiger partial charge < -0.3 is 16.4 Å². The summed E-state index contributed by atoms with van der Waals surface area (Å²) in [5.74, 6) is 0.0409. The molecule has 1 rings (SSSR count). The Hall–Kier alpha value is -1.10. The van der Waals surface area contributed by atoms with Gasteiger partial charge in [-0.15, -0.1) is 0 Å². The summed E-state index contributed by atoms with van der Waals surface area (Å²) < 4.78 is 0. The summed E-state index contributed by atoms with van der Waals surface area (Å²) in [6.45, 7) is 9.55. The first-order valence-electron chi connectivity index (χ1n) is 7.48. The monoisotopic (exact) mass is 283 g/mol. The van der Waals surface area contributed by atoms with Gasteiger partial charge in [0.1, 0.15) is 6.04 Å². The van der Waals surface area contributed by atoms with E-state index < -0.39 is 6.04 Å². The van der Waals surface area contributed by atoms with E-state index in [1.165, 1.54) is 0 Å². The summed E-state index contributed by atoms with van der Waals surface area (Å²) in [5.41, 5.74) is 5.64. The number of nitrogens with one attached hydrogen (secondary N) is 2. The lowest BCUT2D eigenvalue weighted by Gasteiger charge is -2.32. The van der Waals surface area contributed by atoms with Crippen molar-refractivity contribution in [1.82, 2.24) is 10.6 Å². The first kappa shape index (κ1) is 17.0. The van der Waals surface area contributed by atoms with Crippen molar-refractivity contribution in [2.24, 2.45) is 17.6 Å². The highest BCUT2D eigenvalue weighted by Crippen LogP contribution is 2.29. The fourth-order valence-electron chi connectivity index (χ4n) is 2.58. The Morgan fingerprint density at radius 2 is 1.85 bits per heavy atom. The highest BCUT2D eigenvalue weighted by Gasteiger charge is 2.32. The fourth-order valence-corrected chi connectivity index (χ4v) is 2.58. The fraction of sp³-hybridized carbons (Fsp3) is 0.867. The maximum atomic E-state index is 12.3. The highest BCUT2D eigenvalue weighted by molar-refractivity contribution is 5.88. The Labute approximate surface area is 122 Å². The predicted octanol–water partition coefficient (Wildman–Crippen LogP) is 1.17. The molecule has 4 atom stereocenters. The first-order chi connectivity index (χ1) is 9.10. The van der Waals surface area contributed by atoms with Crippen molar-refractivity contribution in [3.05, 3.63) is 0 Å². The topological polar surface area (TPSA) is 84.2 Å². The molecule has 1 aliphatic rings. The number of carbonyl (C=O) groups excluding carboxylic acids is 2. The zero-order valence-corrected chi connectivity index (χ0v) is 13.3. The van der Waals surface area contributed by atoms with Gasteiger partial charge in [0, 0.05) is 17.5 Å². The molecule has 20 heavy (non-hydrogen) atoms. The maximum absolute atomic E-state index is 12.3. The number of hydrogen-bond acceptors (Lipinski definition) is 3. The molecule has 0 heterocycles. The SMILES string of the molecule is CC(NC(=O)C1CC(N)CCC1C)C(=O)NC(C)(C)C. The van der Waals surface area contributed by atoms with Gasteiger partial charge in [0.15, 0.2) is 0 Å². The van der Waals surface area contributed by atoms with E-state index >= 15 is 0 Å². The van der Waals surface area contributed by atoms with E-state index in [0.717, 1.165) is 12.8 Å².